The Hall–Kier alpha value is -4.37. The van der Waals surface area contributed by atoms with E-state index in [0.717, 1.165) is 16.7 Å². The van der Waals surface area contributed by atoms with Crippen LogP contribution in [-0.4, -0.2) is 22.9 Å². The first-order valence-corrected chi connectivity index (χ1v) is 11.4. The smallest absolute Gasteiger partial charge is 0.300 e. The van der Waals surface area contributed by atoms with Crippen LogP contribution in [0.2, 0.25) is 0 Å². The monoisotopic (exact) mass is 466 g/mol. The molecule has 176 valence electrons. The number of hydrogen-bond donors (Lipinski definition) is 1. The number of aryl methyl sites for hydroxylation is 2. The summed E-state index contributed by atoms with van der Waals surface area (Å²) in [5.74, 6) is -1.06. The first-order valence-electron chi connectivity index (χ1n) is 11.4. The second-order valence-electron chi connectivity index (χ2n) is 8.83. The third-order valence-electron chi connectivity index (χ3n) is 6.01. The zero-order valence-corrected chi connectivity index (χ0v) is 20.1. The fraction of sp³-hybridized carbons (Fsp3) is 0.207. The lowest BCUT2D eigenvalue weighted by molar-refractivity contribution is -0.132. The molecule has 35 heavy (non-hydrogen) atoms. The van der Waals surface area contributed by atoms with Crippen LogP contribution in [0.15, 0.2) is 72.3 Å². The van der Waals surface area contributed by atoms with E-state index >= 15 is 0 Å². The molecule has 1 aliphatic heterocycles. The molecule has 1 saturated heterocycles. The summed E-state index contributed by atoms with van der Waals surface area (Å²) in [5, 5.41) is 20.5. The molecule has 1 amide bonds. The summed E-state index contributed by atoms with van der Waals surface area (Å²) in [6, 6.07) is 20.3. The quantitative estimate of drug-likeness (QED) is 0.301. The molecule has 0 radical (unpaired) electrons. The molecule has 6 nitrogen and oxygen atoms in total. The van der Waals surface area contributed by atoms with Gasteiger partial charge < -0.3 is 9.84 Å². The van der Waals surface area contributed by atoms with Crippen molar-refractivity contribution in [2.75, 3.05) is 4.90 Å². The van der Waals surface area contributed by atoms with Gasteiger partial charge in [0.05, 0.1) is 29.4 Å². The SMILES string of the molecule is Cc1cc(/C(O)=C2\C(=O)C(=O)N(c3ccc(C#N)cc3)C2c2ccccc2C)ccc1OC(C)C. The third-order valence-corrected chi connectivity index (χ3v) is 6.01. The maximum absolute atomic E-state index is 13.3. The Morgan fingerprint density at radius 1 is 1.00 bits per heavy atom. The van der Waals surface area contributed by atoms with Crippen molar-refractivity contribution in [2.24, 2.45) is 0 Å². The van der Waals surface area contributed by atoms with Crippen molar-refractivity contribution in [3.05, 3.63) is 100 Å². The van der Waals surface area contributed by atoms with E-state index in [4.69, 9.17) is 10.00 Å². The van der Waals surface area contributed by atoms with E-state index in [1.165, 1.54) is 4.90 Å². The highest BCUT2D eigenvalue weighted by molar-refractivity contribution is 6.51. The lowest BCUT2D eigenvalue weighted by atomic mass is 9.92. The number of ketones is 1. The summed E-state index contributed by atoms with van der Waals surface area (Å²) in [6.45, 7) is 7.62. The number of nitrogens with zero attached hydrogens (tertiary/aromatic N) is 2. The van der Waals surface area contributed by atoms with Crippen LogP contribution in [0.4, 0.5) is 5.69 Å². The van der Waals surface area contributed by atoms with Crippen molar-refractivity contribution in [3.8, 4) is 11.8 Å². The predicted molar refractivity (Wildman–Crippen MR) is 134 cm³/mol. The number of hydrogen-bond acceptors (Lipinski definition) is 5. The summed E-state index contributed by atoms with van der Waals surface area (Å²) in [5.41, 5.74) is 3.76. The summed E-state index contributed by atoms with van der Waals surface area (Å²) in [4.78, 5) is 28.0. The fourth-order valence-electron chi connectivity index (χ4n) is 4.32. The molecule has 1 heterocycles. The van der Waals surface area contributed by atoms with Crippen LogP contribution in [0.5, 0.6) is 5.75 Å². The van der Waals surface area contributed by atoms with Gasteiger partial charge in [0, 0.05) is 11.3 Å². The van der Waals surface area contributed by atoms with Gasteiger partial charge in [-0.1, -0.05) is 24.3 Å². The Labute approximate surface area is 204 Å². The molecule has 0 saturated carbocycles. The average molecular weight is 467 g/mol. The zero-order chi connectivity index (χ0) is 25.3. The largest absolute Gasteiger partial charge is 0.507 e. The van der Waals surface area contributed by atoms with E-state index < -0.39 is 17.7 Å². The Balaban J connectivity index is 1.90. The van der Waals surface area contributed by atoms with Crippen LogP contribution in [0.1, 0.15) is 47.7 Å². The number of aliphatic hydroxyl groups is 1. The molecular weight excluding hydrogens is 440 g/mol. The van der Waals surface area contributed by atoms with Gasteiger partial charge in [0.1, 0.15) is 11.5 Å². The standard InChI is InChI=1S/C29H26N2O4/c1-17(2)35-24-14-11-21(15-19(24)4)27(32)25-26(23-8-6-5-7-18(23)3)31(29(34)28(25)33)22-12-9-20(16-30)10-13-22/h5-15,17,26,32H,1-4H3/b27-25+. The van der Waals surface area contributed by atoms with E-state index in [0.29, 0.717) is 22.6 Å². The number of rotatable bonds is 5. The number of carbonyl (C=O) groups is 2. The molecular formula is C29H26N2O4. The first kappa shape index (κ1) is 23.8. The van der Waals surface area contributed by atoms with E-state index in [1.54, 1.807) is 42.5 Å². The van der Waals surface area contributed by atoms with Gasteiger partial charge >= 0.3 is 0 Å². The summed E-state index contributed by atoms with van der Waals surface area (Å²) < 4.78 is 5.79. The van der Waals surface area contributed by atoms with Crippen LogP contribution >= 0.6 is 0 Å². The summed E-state index contributed by atoms with van der Waals surface area (Å²) in [7, 11) is 0. The number of nitriles is 1. The lowest BCUT2D eigenvalue weighted by Gasteiger charge is -2.26. The highest BCUT2D eigenvalue weighted by Crippen LogP contribution is 2.43. The third kappa shape index (κ3) is 4.41. The minimum Gasteiger partial charge on any atom is -0.507 e. The van der Waals surface area contributed by atoms with Crippen molar-refractivity contribution in [2.45, 2.75) is 39.8 Å². The Morgan fingerprint density at radius 3 is 2.29 bits per heavy atom. The van der Waals surface area contributed by atoms with Crippen LogP contribution < -0.4 is 9.64 Å². The van der Waals surface area contributed by atoms with Gasteiger partial charge in [0.15, 0.2) is 0 Å². The Morgan fingerprint density at radius 2 is 1.69 bits per heavy atom. The van der Waals surface area contributed by atoms with Gasteiger partial charge in [0.2, 0.25) is 0 Å². The number of benzene rings is 3. The topological polar surface area (TPSA) is 90.6 Å². The molecule has 1 aliphatic rings. The summed E-state index contributed by atoms with van der Waals surface area (Å²) in [6.07, 6.45) is -0.00745. The molecule has 0 aromatic heterocycles. The second-order valence-corrected chi connectivity index (χ2v) is 8.83. The highest BCUT2D eigenvalue weighted by atomic mass is 16.5. The van der Waals surface area contributed by atoms with Crippen molar-refractivity contribution >= 4 is 23.1 Å². The van der Waals surface area contributed by atoms with Gasteiger partial charge in [-0.05, 0) is 86.8 Å². The Kier molecular flexibility index (Phi) is 6.44. The molecule has 0 bridgehead atoms. The van der Waals surface area contributed by atoms with Crippen molar-refractivity contribution in [3.63, 3.8) is 0 Å². The minimum atomic E-state index is -0.823. The minimum absolute atomic E-state index is 0.00745. The molecule has 1 unspecified atom stereocenters. The molecule has 3 aromatic rings. The highest BCUT2D eigenvalue weighted by Gasteiger charge is 2.47. The average Bonchev–Trinajstić information content (AvgIpc) is 3.10. The molecule has 6 heteroatoms. The lowest BCUT2D eigenvalue weighted by Crippen LogP contribution is -2.29. The second kappa shape index (κ2) is 9.47. The normalized spacial score (nSPS) is 17.0. The van der Waals surface area contributed by atoms with Crippen LogP contribution in [0.3, 0.4) is 0 Å². The number of carbonyl (C=O) groups excluding carboxylic acids is 2. The molecule has 1 atom stereocenters. The number of Topliss-reactive ketones (excluding diaryl/α,β-unsaturated/α-hetero) is 1. The van der Waals surface area contributed by atoms with E-state index in [-0.39, 0.29) is 17.4 Å². The van der Waals surface area contributed by atoms with Crippen molar-refractivity contribution in [1.82, 2.24) is 0 Å². The molecule has 0 spiro atoms. The Bertz CT molecular complexity index is 1380. The number of ether oxygens (including phenoxy) is 1. The molecule has 3 aromatic carbocycles. The van der Waals surface area contributed by atoms with Crippen LogP contribution in [-0.2, 0) is 9.59 Å². The molecule has 1 fully saturated rings. The van der Waals surface area contributed by atoms with Gasteiger partial charge in [-0.3, -0.25) is 14.5 Å². The van der Waals surface area contributed by atoms with Crippen LogP contribution in [0, 0.1) is 25.2 Å². The number of amides is 1. The first-order chi connectivity index (χ1) is 16.7. The van der Waals surface area contributed by atoms with E-state index in [9.17, 15) is 14.7 Å². The van der Waals surface area contributed by atoms with Gasteiger partial charge in [-0.2, -0.15) is 5.26 Å². The molecule has 4 rings (SSSR count). The maximum Gasteiger partial charge on any atom is 0.300 e. The van der Waals surface area contributed by atoms with E-state index in [2.05, 4.69) is 6.07 Å². The van der Waals surface area contributed by atoms with Crippen molar-refractivity contribution in [1.29, 1.82) is 5.26 Å². The van der Waals surface area contributed by atoms with E-state index in [1.807, 2.05) is 52.0 Å². The van der Waals surface area contributed by atoms with Crippen LogP contribution in [0.25, 0.3) is 5.76 Å². The zero-order valence-electron chi connectivity index (χ0n) is 20.1. The fourth-order valence-corrected chi connectivity index (χ4v) is 4.32. The molecule has 0 aliphatic carbocycles. The molecule has 1 N–H and O–H groups in total. The summed E-state index contributed by atoms with van der Waals surface area (Å²) >= 11 is 0. The number of anilines is 1. The maximum atomic E-state index is 13.3. The van der Waals surface area contributed by atoms with Gasteiger partial charge in [0.25, 0.3) is 11.7 Å². The van der Waals surface area contributed by atoms with Gasteiger partial charge in [-0.15, -0.1) is 0 Å². The predicted octanol–water partition coefficient (Wildman–Crippen LogP) is 5.59. The number of aliphatic hydroxyl groups excluding tert-OH is 1. The van der Waals surface area contributed by atoms with Gasteiger partial charge in [-0.25, -0.2) is 0 Å². The van der Waals surface area contributed by atoms with Crippen molar-refractivity contribution < 1.29 is 19.4 Å².